The molecule has 4 heteroatoms. The van der Waals surface area contributed by atoms with Crippen molar-refractivity contribution in [2.75, 3.05) is 26.2 Å². The fourth-order valence-electron chi connectivity index (χ4n) is 3.76. The third-order valence-electron chi connectivity index (χ3n) is 5.21. The molecule has 2 aliphatic rings. The van der Waals surface area contributed by atoms with Crippen LogP contribution in [0.5, 0.6) is 0 Å². The lowest BCUT2D eigenvalue weighted by atomic mass is 9.87. The maximum absolute atomic E-state index is 9.54. The summed E-state index contributed by atoms with van der Waals surface area (Å²) in [6.07, 6.45) is 8.30. The van der Waals surface area contributed by atoms with E-state index in [9.17, 15) is 5.11 Å². The van der Waals surface area contributed by atoms with Gasteiger partial charge in [-0.2, -0.15) is 0 Å². The van der Waals surface area contributed by atoms with E-state index in [0.717, 1.165) is 38.4 Å². The van der Waals surface area contributed by atoms with Gasteiger partial charge < -0.3 is 16.2 Å². The number of piperidine rings is 1. The molecule has 2 unspecified atom stereocenters. The first-order chi connectivity index (χ1) is 9.70. The van der Waals surface area contributed by atoms with Gasteiger partial charge in [0.2, 0.25) is 0 Å². The Bertz CT molecular complexity index is 266. The zero-order valence-corrected chi connectivity index (χ0v) is 13.1. The fraction of sp³-hybridized carbons (Fsp3) is 1.00. The minimum absolute atomic E-state index is 0.0366. The first kappa shape index (κ1) is 16.2. The van der Waals surface area contributed by atoms with Gasteiger partial charge in [0.1, 0.15) is 0 Å². The molecule has 4 nitrogen and oxygen atoms in total. The number of hydrogen-bond donors (Lipinski definition) is 3. The minimum Gasteiger partial charge on any atom is -0.393 e. The van der Waals surface area contributed by atoms with Crippen molar-refractivity contribution in [2.24, 2.45) is 11.7 Å². The predicted octanol–water partition coefficient (Wildman–Crippen LogP) is 1.33. The number of hydrogen-bond acceptors (Lipinski definition) is 4. The lowest BCUT2D eigenvalue weighted by molar-refractivity contribution is 0.0963. The average Bonchev–Trinajstić information content (AvgIpc) is 2.49. The second-order valence-electron chi connectivity index (χ2n) is 6.80. The molecule has 4 N–H and O–H groups in total. The van der Waals surface area contributed by atoms with Gasteiger partial charge in [0.25, 0.3) is 0 Å². The van der Waals surface area contributed by atoms with Gasteiger partial charge in [-0.15, -0.1) is 0 Å². The predicted molar refractivity (Wildman–Crippen MR) is 83.7 cm³/mol. The van der Waals surface area contributed by atoms with Crippen molar-refractivity contribution in [3.63, 3.8) is 0 Å². The Balaban J connectivity index is 1.69. The molecule has 0 bridgehead atoms. The van der Waals surface area contributed by atoms with Crippen LogP contribution in [-0.2, 0) is 0 Å². The summed E-state index contributed by atoms with van der Waals surface area (Å²) in [6.45, 7) is 6.44. The molecule has 0 aromatic carbocycles. The average molecular weight is 283 g/mol. The van der Waals surface area contributed by atoms with Crippen LogP contribution in [-0.4, -0.2) is 54.4 Å². The largest absolute Gasteiger partial charge is 0.393 e. The first-order valence-corrected chi connectivity index (χ1v) is 8.55. The van der Waals surface area contributed by atoms with Gasteiger partial charge in [-0.05, 0) is 64.5 Å². The molecule has 20 heavy (non-hydrogen) atoms. The Morgan fingerprint density at radius 3 is 2.60 bits per heavy atom. The van der Waals surface area contributed by atoms with Crippen molar-refractivity contribution in [3.8, 4) is 0 Å². The van der Waals surface area contributed by atoms with E-state index in [-0.39, 0.29) is 6.10 Å². The van der Waals surface area contributed by atoms with E-state index in [4.69, 9.17) is 5.73 Å². The first-order valence-electron chi connectivity index (χ1n) is 8.55. The van der Waals surface area contributed by atoms with Crippen LogP contribution < -0.4 is 11.1 Å². The summed E-state index contributed by atoms with van der Waals surface area (Å²) in [5.41, 5.74) is 5.84. The highest BCUT2D eigenvalue weighted by Crippen LogP contribution is 2.24. The van der Waals surface area contributed by atoms with E-state index < -0.39 is 0 Å². The van der Waals surface area contributed by atoms with Gasteiger partial charge in [-0.25, -0.2) is 0 Å². The number of aliphatic hydroxyl groups excluding tert-OH is 1. The summed E-state index contributed by atoms with van der Waals surface area (Å²) in [7, 11) is 0. The van der Waals surface area contributed by atoms with Crippen LogP contribution >= 0.6 is 0 Å². The molecule has 1 saturated carbocycles. The van der Waals surface area contributed by atoms with E-state index >= 15 is 0 Å². The smallest absolute Gasteiger partial charge is 0.0540 e. The van der Waals surface area contributed by atoms with Crippen molar-refractivity contribution >= 4 is 0 Å². The Morgan fingerprint density at radius 1 is 1.15 bits per heavy atom. The molecular formula is C16H33N3O. The SMILES string of the molecule is CC(CN)N1CCCCC1CNCC1CCC(O)CC1. The van der Waals surface area contributed by atoms with E-state index in [1.54, 1.807) is 0 Å². The van der Waals surface area contributed by atoms with Gasteiger partial charge in [0, 0.05) is 25.2 Å². The Labute approximate surface area is 124 Å². The highest BCUT2D eigenvalue weighted by Gasteiger charge is 2.26. The number of rotatable bonds is 6. The van der Waals surface area contributed by atoms with E-state index in [0.29, 0.717) is 12.1 Å². The highest BCUT2D eigenvalue weighted by atomic mass is 16.3. The molecule has 0 spiro atoms. The molecule has 2 fully saturated rings. The Kier molecular flexibility index (Phi) is 6.75. The summed E-state index contributed by atoms with van der Waals surface area (Å²) in [4.78, 5) is 2.60. The van der Waals surface area contributed by atoms with Crippen molar-refractivity contribution < 1.29 is 5.11 Å². The lowest BCUT2D eigenvalue weighted by Gasteiger charge is -2.40. The third kappa shape index (κ3) is 4.69. The molecule has 0 amide bonds. The second kappa shape index (κ2) is 8.32. The standard InChI is InChI=1S/C16H33N3O/c1-13(10-17)19-9-3-2-4-15(19)12-18-11-14-5-7-16(20)8-6-14/h13-16,18,20H,2-12,17H2,1H3. The highest BCUT2D eigenvalue weighted by molar-refractivity contribution is 4.83. The topological polar surface area (TPSA) is 61.5 Å². The monoisotopic (exact) mass is 283 g/mol. The molecule has 1 aliphatic carbocycles. The Hall–Kier alpha value is -0.160. The van der Waals surface area contributed by atoms with Crippen LogP contribution in [0, 0.1) is 5.92 Å². The molecule has 0 radical (unpaired) electrons. The fourth-order valence-corrected chi connectivity index (χ4v) is 3.76. The molecule has 2 rings (SSSR count). The van der Waals surface area contributed by atoms with Crippen molar-refractivity contribution in [1.82, 2.24) is 10.2 Å². The zero-order chi connectivity index (χ0) is 14.4. The summed E-state index contributed by atoms with van der Waals surface area (Å²) in [5.74, 6) is 0.766. The van der Waals surface area contributed by atoms with Crippen molar-refractivity contribution in [3.05, 3.63) is 0 Å². The summed E-state index contributed by atoms with van der Waals surface area (Å²) in [6, 6.07) is 1.17. The quantitative estimate of drug-likeness (QED) is 0.688. The molecule has 0 aromatic rings. The van der Waals surface area contributed by atoms with Crippen LogP contribution in [0.15, 0.2) is 0 Å². The normalized spacial score (nSPS) is 34.0. The maximum Gasteiger partial charge on any atom is 0.0540 e. The third-order valence-corrected chi connectivity index (χ3v) is 5.21. The van der Waals surface area contributed by atoms with Crippen LogP contribution in [0.3, 0.4) is 0 Å². The van der Waals surface area contributed by atoms with Crippen molar-refractivity contribution in [2.45, 2.75) is 70.1 Å². The maximum atomic E-state index is 9.54. The minimum atomic E-state index is -0.0366. The summed E-state index contributed by atoms with van der Waals surface area (Å²) >= 11 is 0. The number of aliphatic hydroxyl groups is 1. The molecule has 1 saturated heterocycles. The van der Waals surface area contributed by atoms with Crippen molar-refractivity contribution in [1.29, 1.82) is 0 Å². The van der Waals surface area contributed by atoms with Gasteiger partial charge in [0.05, 0.1) is 6.10 Å². The van der Waals surface area contributed by atoms with Crippen LogP contribution in [0.1, 0.15) is 51.9 Å². The van der Waals surface area contributed by atoms with Crippen LogP contribution in [0.4, 0.5) is 0 Å². The van der Waals surface area contributed by atoms with E-state index in [2.05, 4.69) is 17.1 Å². The number of nitrogens with two attached hydrogens (primary N) is 1. The van der Waals surface area contributed by atoms with Crippen LogP contribution in [0.25, 0.3) is 0 Å². The van der Waals surface area contributed by atoms with Gasteiger partial charge in [0.15, 0.2) is 0 Å². The van der Waals surface area contributed by atoms with Gasteiger partial charge >= 0.3 is 0 Å². The number of nitrogens with one attached hydrogen (secondary N) is 1. The number of nitrogens with zero attached hydrogens (tertiary/aromatic N) is 1. The molecule has 2 atom stereocenters. The number of likely N-dealkylation sites (tertiary alicyclic amines) is 1. The molecule has 1 heterocycles. The molecule has 0 aromatic heterocycles. The molecule has 118 valence electrons. The molecular weight excluding hydrogens is 250 g/mol. The second-order valence-corrected chi connectivity index (χ2v) is 6.80. The van der Waals surface area contributed by atoms with E-state index in [1.165, 1.54) is 38.6 Å². The van der Waals surface area contributed by atoms with E-state index in [1.807, 2.05) is 0 Å². The van der Waals surface area contributed by atoms with Crippen LogP contribution in [0.2, 0.25) is 0 Å². The Morgan fingerprint density at radius 2 is 1.90 bits per heavy atom. The summed E-state index contributed by atoms with van der Waals surface area (Å²) in [5, 5.41) is 13.2. The molecule has 1 aliphatic heterocycles. The van der Waals surface area contributed by atoms with Gasteiger partial charge in [-0.3, -0.25) is 4.90 Å². The van der Waals surface area contributed by atoms with Gasteiger partial charge in [-0.1, -0.05) is 6.42 Å². The summed E-state index contributed by atoms with van der Waals surface area (Å²) < 4.78 is 0. The lowest BCUT2D eigenvalue weighted by Crippen LogP contribution is -2.52. The zero-order valence-electron chi connectivity index (χ0n) is 13.1.